The van der Waals surface area contributed by atoms with Crippen LogP contribution in [0.15, 0.2) is 112 Å². The molecule has 8 aromatic heterocycles. The molecular weight excluding hydrogens is 1920 g/mol. The summed E-state index contributed by atoms with van der Waals surface area (Å²) < 4.78 is 300. The summed E-state index contributed by atoms with van der Waals surface area (Å²) in [6.07, 6.45) is -5.49. The molecule has 4 aliphatic rings. The lowest BCUT2D eigenvalue weighted by molar-refractivity contribution is 0.297. The second kappa shape index (κ2) is 49.9. The van der Waals surface area contributed by atoms with Gasteiger partial charge in [0.15, 0.2) is 22.1 Å². The van der Waals surface area contributed by atoms with Gasteiger partial charge in [-0.3, -0.25) is 37.9 Å². The SMILES string of the molecule is [2H]C(CC1CCCN1C)NS(=O)(=O)c1ccc(OCCC)c(-c2nc3c(C([2H])([2H])C([2H])([2H])C)nn(C)c3c(=O)[nH]2)c1.[2H]C([2H])(C)C([2H])([2H])c1nn(C)c2c(=O)[nH]c(-c3cc(S(=O)(=O)NCCC4CCCN4C)ccc3OCCC)nc12.[2H]C([2H])(C)Cc1nn(C)c2c(=O)[nH]c(-c3cc(S(=O)(=O)NC([2H])([2H])CC4CCCN4C)ccc3OCCC)nc12.[2H]C([2H])(CC1CCCN1C)NS(=O)(=O)c1ccc(OCCC)c(-c2nc3c(C([2H])([2H])C([2H])([2H])C)nn(C)c3c(=O)[nH]2)c1. The molecule has 4 saturated heterocycles. The summed E-state index contributed by atoms with van der Waals surface area (Å²) in [6, 6.07) is 16.6. The summed E-state index contributed by atoms with van der Waals surface area (Å²) >= 11 is 0. The van der Waals surface area contributed by atoms with Crippen molar-refractivity contribution in [2.24, 2.45) is 28.2 Å². The Hall–Kier alpha value is -11.0. The average Bonchev–Trinajstić information content (AvgIpc) is 1.59. The maximum absolute atomic E-state index is 13.4. The molecular formula is C100H144N24O16S4. The van der Waals surface area contributed by atoms with E-state index in [2.05, 4.69) is 89.0 Å². The minimum absolute atomic E-state index is 0.00747. The molecule has 4 aliphatic heterocycles. The largest absolute Gasteiger partial charge is 0.493 e. The van der Waals surface area contributed by atoms with E-state index in [1.165, 1.54) is 106 Å². The number of hydrogen-bond acceptors (Lipinski definition) is 28. The number of hydrogen-bond donors (Lipinski definition) is 8. The second-order valence-electron chi connectivity index (χ2n) is 35.4. The van der Waals surface area contributed by atoms with Crippen LogP contribution in [0.1, 0.15) is 232 Å². The van der Waals surface area contributed by atoms with Crippen LogP contribution < -0.4 is 60.1 Å². The maximum Gasteiger partial charge on any atom is 0.277 e. The molecule has 0 bridgehead atoms. The fraction of sp³-hybridized carbons (Fsp3) is 0.560. The van der Waals surface area contributed by atoms with Crippen molar-refractivity contribution < 1.29 is 78.7 Å². The predicted molar refractivity (Wildman–Crippen MR) is 559 cm³/mol. The molecule has 16 rings (SSSR count). The third-order valence-electron chi connectivity index (χ3n) is 25.0. The average molecular weight is 2090 g/mol. The van der Waals surface area contributed by atoms with Crippen LogP contribution >= 0.6 is 0 Å². The molecule has 0 saturated carbocycles. The van der Waals surface area contributed by atoms with Crippen LogP contribution in [0.25, 0.3) is 89.7 Å². The van der Waals surface area contributed by atoms with E-state index in [-0.39, 0.29) is 200 Å². The Balaban J connectivity index is 0.000000179. The van der Waals surface area contributed by atoms with E-state index in [9.17, 15) is 52.8 Å². The standard InChI is InChI=1S/4C25H36N6O4S/c4*1-5-8-20-22-23(31(4)29-20)25(32)28-24(27-22)19-16-18(10-11-21(19)35-15-6-2)36(33,34)26-13-12-17-9-7-14-30(17)3/h4*10-11,16-17,26H,5-9,12-15H2,1-4H3,(H,27,28,32)/i5D2,8D2,13D2;5D2,8D2,13D;5D2,13D2;5D2,8D2. The molecule has 12 aromatic rings. The fourth-order valence-corrected chi connectivity index (χ4v) is 21.4. The monoisotopic (exact) mass is 2080 g/mol. The number of aromatic nitrogens is 16. The molecule has 5 unspecified atom stereocenters. The highest BCUT2D eigenvalue weighted by atomic mass is 32.2. The van der Waals surface area contributed by atoms with Gasteiger partial charge in [0.1, 0.15) is 68.4 Å². The number of likely N-dealkylation sites (tertiary alicyclic amines) is 4. The summed E-state index contributed by atoms with van der Waals surface area (Å²) in [5.74, 6) is 0.744. The number of fused-ring (bicyclic) bond motifs is 4. The van der Waals surface area contributed by atoms with E-state index in [0.717, 1.165) is 112 Å². The second-order valence-corrected chi connectivity index (χ2v) is 42.3. The Morgan fingerprint density at radius 1 is 0.347 bits per heavy atom. The smallest absolute Gasteiger partial charge is 0.277 e. The molecule has 44 heteroatoms. The van der Waals surface area contributed by atoms with Gasteiger partial charge in [-0.2, -0.15) is 20.4 Å². The Morgan fingerprint density at radius 2 is 0.611 bits per heavy atom. The lowest BCUT2D eigenvalue weighted by Crippen LogP contribution is -2.31. The Bertz CT molecular complexity index is 8210. The number of benzene rings is 4. The number of nitrogens with zero attached hydrogens (tertiary/aromatic N) is 16. The summed E-state index contributed by atoms with van der Waals surface area (Å²) in [5.41, 5.74) is -2.99. The summed E-state index contributed by atoms with van der Waals surface area (Å²) in [4.78, 5) is 88.7. The molecule has 4 aromatic carbocycles. The number of rotatable bonds is 44. The maximum atomic E-state index is 13.4. The van der Waals surface area contributed by atoms with Crippen molar-refractivity contribution in [2.75, 3.05) is 107 Å². The zero-order valence-electron chi connectivity index (χ0n) is 103. The van der Waals surface area contributed by atoms with Crippen molar-refractivity contribution in [1.82, 2.24) is 117 Å². The quantitative estimate of drug-likeness (QED) is 0.0176. The summed E-state index contributed by atoms with van der Waals surface area (Å²) in [6.45, 7) is 11.8. The van der Waals surface area contributed by atoms with Crippen LogP contribution in [0.3, 0.4) is 0 Å². The number of H-pyrrole nitrogens is 4. The predicted octanol–water partition coefficient (Wildman–Crippen LogP) is 11.3. The lowest BCUT2D eigenvalue weighted by atomic mass is 10.1. The molecule has 12 heterocycles. The van der Waals surface area contributed by atoms with Crippen molar-refractivity contribution in [3.8, 4) is 68.5 Å². The lowest BCUT2D eigenvalue weighted by Gasteiger charge is -2.19. The highest BCUT2D eigenvalue weighted by molar-refractivity contribution is 7.90. The zero-order valence-corrected chi connectivity index (χ0v) is 87.3. The molecule has 4 fully saturated rings. The highest BCUT2D eigenvalue weighted by Crippen LogP contribution is 2.38. The fourth-order valence-electron chi connectivity index (χ4n) is 17.5. The molecule has 5 atom stereocenters. The first kappa shape index (κ1) is 86.1. The molecule has 0 aliphatic carbocycles. The minimum atomic E-state index is -4.39. The molecule has 40 nitrogen and oxygen atoms in total. The Labute approximate surface area is 869 Å². The molecule has 784 valence electrons. The normalized spacial score (nSPS) is 19.8. The molecule has 144 heavy (non-hydrogen) atoms. The first-order valence-electron chi connectivity index (χ1n) is 57.6. The van der Waals surface area contributed by atoms with Gasteiger partial charge in [0.25, 0.3) is 22.2 Å². The van der Waals surface area contributed by atoms with Crippen molar-refractivity contribution in [3.63, 3.8) is 0 Å². The van der Waals surface area contributed by atoms with Gasteiger partial charge >= 0.3 is 0 Å². The van der Waals surface area contributed by atoms with E-state index in [1.54, 1.807) is 7.05 Å². The van der Waals surface area contributed by atoms with Crippen molar-refractivity contribution in [1.29, 1.82) is 0 Å². The van der Waals surface area contributed by atoms with Gasteiger partial charge in [-0.05, 0) is 255 Å². The molecule has 8 N–H and O–H groups in total. The molecule has 0 amide bonds. The van der Waals surface area contributed by atoms with E-state index in [0.29, 0.717) is 70.1 Å². The van der Waals surface area contributed by atoms with Gasteiger partial charge in [0.2, 0.25) is 40.1 Å². The van der Waals surface area contributed by atoms with E-state index in [1.807, 2.05) is 65.7 Å². The zero-order chi connectivity index (χ0) is 120. The number of aryl methyl sites for hydroxylation is 8. The topological polar surface area (TPSA) is 489 Å². The van der Waals surface area contributed by atoms with Crippen molar-refractivity contribution in [3.05, 3.63) is 137 Å². The number of ether oxygens (including phenoxy) is 4. The van der Waals surface area contributed by atoms with Crippen LogP contribution in [0.2, 0.25) is 0 Å². The van der Waals surface area contributed by atoms with Gasteiger partial charge < -0.3 is 58.5 Å². The highest BCUT2D eigenvalue weighted by Gasteiger charge is 2.32. The summed E-state index contributed by atoms with van der Waals surface area (Å²) in [5, 5.41) is 16.6. The number of nitrogens with one attached hydrogen (secondary N) is 8. The third-order valence-corrected chi connectivity index (χ3v) is 30.4. The first-order chi connectivity index (χ1) is 75.7. The van der Waals surface area contributed by atoms with Gasteiger partial charge in [-0.15, -0.1) is 0 Å². The molecule has 0 radical (unpaired) electrons. The van der Waals surface area contributed by atoms with Crippen LogP contribution in [0, 0.1) is 0 Å². The minimum Gasteiger partial charge on any atom is -0.493 e. The Kier molecular flexibility index (Phi) is 29.8. The summed E-state index contributed by atoms with van der Waals surface area (Å²) in [7, 11) is -3.13. The first-order valence-corrected chi connectivity index (χ1v) is 54.0. The third kappa shape index (κ3) is 26.5. The molecule has 0 spiro atoms. The Morgan fingerprint density at radius 3 is 0.882 bits per heavy atom. The van der Waals surface area contributed by atoms with Gasteiger partial charge in [0.05, 0.1) is 91.0 Å². The number of aromatic amines is 4. The van der Waals surface area contributed by atoms with Gasteiger partial charge in [-0.25, -0.2) is 72.5 Å². The van der Waals surface area contributed by atoms with Crippen LogP contribution in [-0.4, -0.2) is 263 Å². The van der Waals surface area contributed by atoms with Crippen LogP contribution in [0.5, 0.6) is 23.0 Å². The van der Waals surface area contributed by atoms with Crippen molar-refractivity contribution >= 4 is 84.2 Å². The number of sulfonamides is 4. The van der Waals surface area contributed by atoms with Crippen LogP contribution in [0.4, 0.5) is 0 Å². The van der Waals surface area contributed by atoms with E-state index >= 15 is 0 Å². The van der Waals surface area contributed by atoms with Crippen molar-refractivity contribution in [2.45, 2.75) is 253 Å². The van der Waals surface area contributed by atoms with Crippen LogP contribution in [-0.2, 0) is 93.8 Å². The van der Waals surface area contributed by atoms with Gasteiger partial charge in [0, 0.05) is 104 Å². The van der Waals surface area contributed by atoms with E-state index in [4.69, 9.17) is 45.0 Å². The van der Waals surface area contributed by atoms with Gasteiger partial charge in [-0.1, -0.05) is 80.9 Å². The van der Waals surface area contributed by atoms with E-state index < -0.39 is 126 Å².